The molecule has 3 heterocycles. The van der Waals surface area contributed by atoms with Crippen LogP contribution in [0.5, 0.6) is 5.75 Å². The fraction of sp³-hybridized carbons (Fsp3) is 0.176. The molecule has 0 fully saturated rings. The highest BCUT2D eigenvalue weighted by Crippen LogP contribution is 2.35. The van der Waals surface area contributed by atoms with Crippen molar-refractivity contribution in [3.8, 4) is 17.0 Å². The molecule has 0 radical (unpaired) electrons. The van der Waals surface area contributed by atoms with Gasteiger partial charge in [0.25, 0.3) is 5.91 Å². The molecule has 2 aromatic heterocycles. The number of carbonyl (C=O) groups excluding carboxylic acids is 1. The van der Waals surface area contributed by atoms with E-state index >= 15 is 0 Å². The fourth-order valence-corrected chi connectivity index (χ4v) is 3.99. The molecule has 0 spiro atoms. The number of H-pyrrole nitrogens is 1. The second-order valence-electron chi connectivity index (χ2n) is 5.42. The van der Waals surface area contributed by atoms with E-state index in [4.69, 9.17) is 4.74 Å². The van der Waals surface area contributed by atoms with Gasteiger partial charge >= 0.3 is 0 Å². The van der Waals surface area contributed by atoms with Crippen molar-refractivity contribution in [3.63, 3.8) is 0 Å². The van der Waals surface area contributed by atoms with Gasteiger partial charge in [0.15, 0.2) is 0 Å². The van der Waals surface area contributed by atoms with Crippen molar-refractivity contribution in [1.82, 2.24) is 15.3 Å². The normalized spacial score (nSPS) is 13.7. The number of hydrogen-bond acceptors (Lipinski definition) is 3. The highest BCUT2D eigenvalue weighted by atomic mass is 127. The third kappa shape index (κ3) is 2.28. The van der Waals surface area contributed by atoms with Gasteiger partial charge in [-0.25, -0.2) is 0 Å². The molecule has 6 heteroatoms. The molecule has 1 aromatic carbocycles. The van der Waals surface area contributed by atoms with Crippen LogP contribution in [-0.4, -0.2) is 29.5 Å². The van der Waals surface area contributed by atoms with Crippen LogP contribution in [0.4, 0.5) is 0 Å². The highest BCUT2D eigenvalue weighted by Gasteiger charge is 2.25. The molecule has 1 aliphatic heterocycles. The van der Waals surface area contributed by atoms with Gasteiger partial charge in [-0.15, -0.1) is 0 Å². The largest absolute Gasteiger partial charge is 0.497 e. The van der Waals surface area contributed by atoms with Crippen molar-refractivity contribution in [2.45, 2.75) is 6.42 Å². The Balaban J connectivity index is 1.98. The summed E-state index contributed by atoms with van der Waals surface area (Å²) in [4.78, 5) is 20.0. The molecule has 1 aliphatic rings. The van der Waals surface area contributed by atoms with Gasteiger partial charge in [0.05, 0.1) is 27.5 Å². The van der Waals surface area contributed by atoms with Gasteiger partial charge in [0, 0.05) is 35.8 Å². The number of nitrogens with one attached hydrogen (secondary N) is 2. The number of pyridine rings is 1. The van der Waals surface area contributed by atoms with Gasteiger partial charge < -0.3 is 15.0 Å². The van der Waals surface area contributed by atoms with E-state index in [1.165, 1.54) is 0 Å². The number of carbonyl (C=O) groups is 1. The molecule has 2 N–H and O–H groups in total. The SMILES string of the molecule is COc1ccc2nccc(-c3[nH]c4c(c3I)C(=O)NCC4)c2c1. The van der Waals surface area contributed by atoms with Crippen LogP contribution in [0.15, 0.2) is 30.5 Å². The van der Waals surface area contributed by atoms with Crippen LogP contribution in [0, 0.1) is 3.57 Å². The van der Waals surface area contributed by atoms with Gasteiger partial charge in [-0.1, -0.05) is 0 Å². The molecule has 1 amide bonds. The van der Waals surface area contributed by atoms with Crippen molar-refractivity contribution in [2.75, 3.05) is 13.7 Å². The average molecular weight is 419 g/mol. The van der Waals surface area contributed by atoms with Crippen molar-refractivity contribution in [1.29, 1.82) is 0 Å². The zero-order chi connectivity index (χ0) is 16.0. The van der Waals surface area contributed by atoms with Crippen LogP contribution < -0.4 is 10.1 Å². The van der Waals surface area contributed by atoms with E-state index in [1.54, 1.807) is 13.3 Å². The number of fused-ring (bicyclic) bond motifs is 2. The second-order valence-corrected chi connectivity index (χ2v) is 6.49. The van der Waals surface area contributed by atoms with Crippen LogP contribution in [-0.2, 0) is 6.42 Å². The van der Waals surface area contributed by atoms with Crippen molar-refractivity contribution < 1.29 is 9.53 Å². The summed E-state index contributed by atoms with van der Waals surface area (Å²) < 4.78 is 6.29. The van der Waals surface area contributed by atoms with Gasteiger partial charge in [0.1, 0.15) is 5.75 Å². The summed E-state index contributed by atoms with van der Waals surface area (Å²) in [5, 5.41) is 3.91. The highest BCUT2D eigenvalue weighted by molar-refractivity contribution is 14.1. The average Bonchev–Trinajstić information content (AvgIpc) is 2.92. The topological polar surface area (TPSA) is 67.0 Å². The van der Waals surface area contributed by atoms with Crippen molar-refractivity contribution in [3.05, 3.63) is 45.3 Å². The van der Waals surface area contributed by atoms with Crippen LogP contribution >= 0.6 is 22.6 Å². The summed E-state index contributed by atoms with van der Waals surface area (Å²) in [6.45, 7) is 0.673. The Hall–Kier alpha value is -2.09. The Labute approximate surface area is 146 Å². The second kappa shape index (κ2) is 5.52. The monoisotopic (exact) mass is 419 g/mol. The fourth-order valence-electron chi connectivity index (χ4n) is 3.00. The molecule has 4 rings (SSSR count). The lowest BCUT2D eigenvalue weighted by atomic mass is 10.0. The van der Waals surface area contributed by atoms with E-state index in [0.29, 0.717) is 6.54 Å². The minimum absolute atomic E-state index is 0.00547. The maximum Gasteiger partial charge on any atom is 0.254 e. The molecule has 23 heavy (non-hydrogen) atoms. The summed E-state index contributed by atoms with van der Waals surface area (Å²) in [6.07, 6.45) is 2.61. The number of rotatable bonds is 2. The number of ether oxygens (including phenoxy) is 1. The number of hydrogen-bond donors (Lipinski definition) is 2. The van der Waals surface area contributed by atoms with Crippen LogP contribution in [0.1, 0.15) is 16.1 Å². The van der Waals surface area contributed by atoms with Crippen LogP contribution in [0.2, 0.25) is 0 Å². The van der Waals surface area contributed by atoms with E-state index in [1.807, 2.05) is 24.3 Å². The smallest absolute Gasteiger partial charge is 0.254 e. The first kappa shape index (κ1) is 14.5. The summed E-state index contributed by atoms with van der Waals surface area (Å²) in [7, 11) is 1.65. The molecule has 5 nitrogen and oxygen atoms in total. The number of methoxy groups -OCH3 is 1. The number of nitrogens with zero attached hydrogens (tertiary/aromatic N) is 1. The number of halogens is 1. The number of aromatic nitrogens is 2. The number of aromatic amines is 1. The standard InChI is InChI=1S/C17H14IN3O2/c1-23-9-2-3-12-11(8-9)10(4-6-19-12)16-15(18)14-13(21-16)5-7-20-17(14)22/h2-4,6,8,21H,5,7H2,1H3,(H,20,22). The predicted octanol–water partition coefficient (Wildman–Crippen LogP) is 3.13. The summed E-state index contributed by atoms with van der Waals surface area (Å²) in [5.41, 5.74) is 4.66. The molecule has 116 valence electrons. The molecular formula is C17H14IN3O2. The molecule has 0 unspecified atom stereocenters. The van der Waals surface area contributed by atoms with Gasteiger partial charge in [0.2, 0.25) is 0 Å². The van der Waals surface area contributed by atoms with Crippen molar-refractivity contribution in [2.24, 2.45) is 0 Å². The Morgan fingerprint density at radius 3 is 2.96 bits per heavy atom. The molecule has 0 atom stereocenters. The first-order valence-corrected chi connectivity index (χ1v) is 8.38. The summed E-state index contributed by atoms with van der Waals surface area (Å²) >= 11 is 2.24. The third-order valence-corrected chi connectivity index (χ3v) is 5.20. The van der Waals surface area contributed by atoms with E-state index in [0.717, 1.165) is 49.2 Å². The Bertz CT molecular complexity index is 933. The predicted molar refractivity (Wildman–Crippen MR) is 96.8 cm³/mol. The quantitative estimate of drug-likeness (QED) is 0.628. The van der Waals surface area contributed by atoms with Crippen LogP contribution in [0.3, 0.4) is 0 Å². The van der Waals surface area contributed by atoms with Crippen LogP contribution in [0.25, 0.3) is 22.2 Å². The van der Waals surface area contributed by atoms with E-state index in [2.05, 4.69) is 37.9 Å². The number of benzene rings is 1. The first-order chi connectivity index (χ1) is 11.2. The Morgan fingerprint density at radius 2 is 2.17 bits per heavy atom. The minimum Gasteiger partial charge on any atom is -0.497 e. The lowest BCUT2D eigenvalue weighted by Crippen LogP contribution is -2.31. The molecular weight excluding hydrogens is 405 g/mol. The van der Waals surface area contributed by atoms with Gasteiger partial charge in [-0.3, -0.25) is 9.78 Å². The van der Waals surface area contributed by atoms with E-state index in [-0.39, 0.29) is 5.91 Å². The summed E-state index contributed by atoms with van der Waals surface area (Å²) in [6, 6.07) is 7.80. The van der Waals surface area contributed by atoms with E-state index < -0.39 is 0 Å². The zero-order valence-electron chi connectivity index (χ0n) is 12.4. The Morgan fingerprint density at radius 1 is 1.30 bits per heavy atom. The molecule has 0 aliphatic carbocycles. The lowest BCUT2D eigenvalue weighted by molar-refractivity contribution is 0.0945. The zero-order valence-corrected chi connectivity index (χ0v) is 14.6. The summed E-state index contributed by atoms with van der Waals surface area (Å²) in [5.74, 6) is 0.782. The first-order valence-electron chi connectivity index (χ1n) is 7.30. The minimum atomic E-state index is -0.00547. The van der Waals surface area contributed by atoms with E-state index in [9.17, 15) is 4.79 Å². The molecule has 3 aromatic rings. The van der Waals surface area contributed by atoms with Gasteiger partial charge in [-0.05, 0) is 46.9 Å². The molecule has 0 bridgehead atoms. The van der Waals surface area contributed by atoms with Gasteiger partial charge in [-0.2, -0.15) is 0 Å². The third-order valence-electron chi connectivity index (χ3n) is 4.12. The maximum atomic E-state index is 12.1. The molecule has 0 saturated carbocycles. The Kier molecular flexibility index (Phi) is 3.48. The maximum absolute atomic E-state index is 12.1. The number of amides is 1. The van der Waals surface area contributed by atoms with Crippen molar-refractivity contribution >= 4 is 39.4 Å². The molecule has 0 saturated heterocycles. The lowest BCUT2D eigenvalue weighted by Gasteiger charge is -2.11.